The van der Waals surface area contributed by atoms with Gasteiger partial charge in [-0.3, -0.25) is 4.79 Å². The van der Waals surface area contributed by atoms with E-state index in [0.717, 1.165) is 16.5 Å². The molecule has 3 aromatic rings. The second kappa shape index (κ2) is 7.17. The normalized spacial score (nSPS) is 11.0. The van der Waals surface area contributed by atoms with Crippen LogP contribution in [0.4, 0.5) is 5.95 Å². The molecule has 6 nitrogen and oxygen atoms in total. The van der Waals surface area contributed by atoms with Crippen molar-refractivity contribution in [2.24, 2.45) is 0 Å². The number of hydrogen-bond acceptors (Lipinski definition) is 5. The zero-order valence-electron chi connectivity index (χ0n) is 14.7. The van der Waals surface area contributed by atoms with Gasteiger partial charge in [-0.05, 0) is 49.2 Å². The minimum Gasteiger partial charge on any atom is -0.474 e. The average molecular weight is 371 g/mol. The van der Waals surface area contributed by atoms with Gasteiger partial charge in [0.15, 0.2) is 0 Å². The van der Waals surface area contributed by atoms with Crippen molar-refractivity contribution in [1.29, 1.82) is 0 Å². The van der Waals surface area contributed by atoms with Gasteiger partial charge < -0.3 is 15.8 Å². The summed E-state index contributed by atoms with van der Waals surface area (Å²) in [7, 11) is 1.57. The molecule has 0 aliphatic carbocycles. The van der Waals surface area contributed by atoms with Gasteiger partial charge in [0.05, 0.1) is 27.6 Å². The zero-order valence-corrected chi connectivity index (χ0v) is 15.5. The van der Waals surface area contributed by atoms with Gasteiger partial charge >= 0.3 is 0 Å². The Morgan fingerprint density at radius 1 is 1.15 bits per heavy atom. The summed E-state index contributed by atoms with van der Waals surface area (Å²) in [4.78, 5) is 20.3. The predicted octanol–water partition coefficient (Wildman–Crippen LogP) is 3.68. The Morgan fingerprint density at radius 3 is 2.50 bits per heavy atom. The maximum atomic E-state index is 11.8. The molecule has 3 rings (SSSR count). The summed E-state index contributed by atoms with van der Waals surface area (Å²) < 4.78 is 5.78. The van der Waals surface area contributed by atoms with E-state index in [2.05, 4.69) is 15.3 Å². The van der Waals surface area contributed by atoms with E-state index in [1.807, 2.05) is 38.1 Å². The number of carbonyl (C=O) groups excluding carboxylic acids is 1. The Morgan fingerprint density at radius 2 is 1.85 bits per heavy atom. The van der Waals surface area contributed by atoms with Crippen molar-refractivity contribution in [2.45, 2.75) is 20.0 Å². The second-order valence-electron chi connectivity index (χ2n) is 6.06. The first-order valence-corrected chi connectivity index (χ1v) is 8.52. The molecular weight excluding hydrogens is 352 g/mol. The van der Waals surface area contributed by atoms with Crippen molar-refractivity contribution < 1.29 is 9.53 Å². The topological polar surface area (TPSA) is 90.1 Å². The summed E-state index contributed by atoms with van der Waals surface area (Å²) in [6.07, 6.45) is -0.0440. The lowest BCUT2D eigenvalue weighted by atomic mass is 10.0. The number of amides is 1. The fourth-order valence-electron chi connectivity index (χ4n) is 2.62. The molecule has 1 amide bonds. The van der Waals surface area contributed by atoms with E-state index >= 15 is 0 Å². The molecule has 0 aliphatic rings. The van der Waals surface area contributed by atoms with Crippen molar-refractivity contribution in [2.75, 3.05) is 12.8 Å². The van der Waals surface area contributed by atoms with E-state index in [1.54, 1.807) is 19.2 Å². The number of aromatic nitrogens is 2. The van der Waals surface area contributed by atoms with Crippen LogP contribution in [0.15, 0.2) is 36.4 Å². The Bertz CT molecular complexity index is 989. The number of benzene rings is 2. The third-order valence-electron chi connectivity index (χ3n) is 3.80. The first-order chi connectivity index (χ1) is 12.4. The number of nitrogens with two attached hydrogens (primary N) is 1. The molecule has 0 spiro atoms. The summed E-state index contributed by atoms with van der Waals surface area (Å²) in [5.74, 6) is 0.382. The van der Waals surface area contributed by atoms with E-state index < -0.39 is 0 Å². The first kappa shape index (κ1) is 17.9. The molecule has 0 unspecified atom stereocenters. The minimum absolute atomic E-state index is 0.0440. The van der Waals surface area contributed by atoms with Gasteiger partial charge in [-0.25, -0.2) is 4.98 Å². The number of ether oxygens (including phenoxy) is 1. The highest BCUT2D eigenvalue weighted by Gasteiger charge is 2.13. The Hall–Kier alpha value is -2.86. The predicted molar refractivity (Wildman–Crippen MR) is 104 cm³/mol. The van der Waals surface area contributed by atoms with Crippen LogP contribution in [0.2, 0.25) is 5.02 Å². The Labute approximate surface area is 156 Å². The van der Waals surface area contributed by atoms with Crippen molar-refractivity contribution in [3.63, 3.8) is 0 Å². The van der Waals surface area contributed by atoms with Gasteiger partial charge in [0.2, 0.25) is 11.8 Å². The largest absolute Gasteiger partial charge is 0.474 e. The molecule has 0 fully saturated rings. The molecule has 134 valence electrons. The van der Waals surface area contributed by atoms with Gasteiger partial charge in [-0.2, -0.15) is 4.98 Å². The smallest absolute Gasteiger partial charge is 0.252 e. The minimum atomic E-state index is -0.225. The van der Waals surface area contributed by atoms with Crippen molar-refractivity contribution in [3.05, 3.63) is 47.0 Å². The quantitative estimate of drug-likeness (QED) is 0.731. The fourth-order valence-corrected chi connectivity index (χ4v) is 2.89. The molecule has 0 atom stereocenters. The summed E-state index contributed by atoms with van der Waals surface area (Å²) >= 11 is 6.27. The zero-order chi connectivity index (χ0) is 18.8. The molecule has 0 saturated carbocycles. The number of nitrogens with zero attached hydrogens (tertiary/aromatic N) is 2. The van der Waals surface area contributed by atoms with Crippen LogP contribution in [0.25, 0.3) is 22.0 Å². The molecular formula is C19H19ClN4O2. The lowest BCUT2D eigenvalue weighted by molar-refractivity contribution is 0.0963. The van der Waals surface area contributed by atoms with Crippen LogP contribution in [0.1, 0.15) is 24.2 Å². The number of halogens is 1. The van der Waals surface area contributed by atoms with Crippen molar-refractivity contribution in [3.8, 4) is 17.0 Å². The molecule has 1 heterocycles. The van der Waals surface area contributed by atoms with Gasteiger partial charge in [0, 0.05) is 7.05 Å². The number of hydrogen-bond donors (Lipinski definition) is 2. The summed E-state index contributed by atoms with van der Waals surface area (Å²) in [5, 5.41) is 3.71. The van der Waals surface area contributed by atoms with Crippen LogP contribution in [0, 0.1) is 0 Å². The number of nitrogen functional groups attached to an aromatic ring is 1. The molecule has 0 aliphatic heterocycles. The molecule has 0 radical (unpaired) electrons. The Balaban J connectivity index is 2.10. The van der Waals surface area contributed by atoms with Crippen LogP contribution in [-0.2, 0) is 0 Å². The van der Waals surface area contributed by atoms with E-state index in [4.69, 9.17) is 22.1 Å². The highest BCUT2D eigenvalue weighted by Crippen LogP contribution is 2.31. The van der Waals surface area contributed by atoms with Crippen LogP contribution >= 0.6 is 11.6 Å². The number of nitrogens with one attached hydrogen (secondary N) is 1. The highest BCUT2D eigenvalue weighted by atomic mass is 35.5. The van der Waals surface area contributed by atoms with Gasteiger partial charge in [-0.1, -0.05) is 23.7 Å². The second-order valence-corrected chi connectivity index (χ2v) is 6.47. The van der Waals surface area contributed by atoms with E-state index in [9.17, 15) is 4.79 Å². The van der Waals surface area contributed by atoms with Gasteiger partial charge in [-0.15, -0.1) is 0 Å². The van der Waals surface area contributed by atoms with Crippen LogP contribution in [-0.4, -0.2) is 29.0 Å². The number of fused-ring (bicyclic) bond motifs is 1. The monoisotopic (exact) mass is 370 g/mol. The molecule has 3 N–H and O–H groups in total. The first-order valence-electron chi connectivity index (χ1n) is 8.15. The van der Waals surface area contributed by atoms with Crippen LogP contribution in [0.5, 0.6) is 5.88 Å². The van der Waals surface area contributed by atoms with Gasteiger partial charge in [0.1, 0.15) is 0 Å². The summed E-state index contributed by atoms with van der Waals surface area (Å²) in [5.41, 5.74) is 8.68. The lowest BCUT2D eigenvalue weighted by Gasteiger charge is -2.13. The maximum Gasteiger partial charge on any atom is 0.252 e. The van der Waals surface area contributed by atoms with E-state index in [1.165, 1.54) is 0 Å². The number of rotatable bonds is 4. The summed E-state index contributed by atoms with van der Waals surface area (Å²) in [6.45, 7) is 3.84. The summed E-state index contributed by atoms with van der Waals surface area (Å²) in [6, 6.07) is 11.0. The van der Waals surface area contributed by atoms with Gasteiger partial charge in [0.25, 0.3) is 5.91 Å². The molecule has 0 bridgehead atoms. The maximum absolute atomic E-state index is 11.8. The fraction of sp³-hybridized carbons (Fsp3) is 0.211. The van der Waals surface area contributed by atoms with E-state index in [-0.39, 0.29) is 18.0 Å². The highest BCUT2D eigenvalue weighted by molar-refractivity contribution is 6.34. The molecule has 2 aromatic carbocycles. The van der Waals surface area contributed by atoms with Crippen molar-refractivity contribution >= 4 is 34.4 Å². The molecule has 26 heavy (non-hydrogen) atoms. The Kier molecular flexibility index (Phi) is 4.95. The SMILES string of the molecule is CNC(=O)c1ccc(-c2ccc3nc(N)nc(OC(C)C)c3c2)cc1Cl. The number of anilines is 1. The molecule has 1 aromatic heterocycles. The van der Waals surface area contributed by atoms with Crippen LogP contribution < -0.4 is 15.8 Å². The van der Waals surface area contributed by atoms with Crippen LogP contribution in [0.3, 0.4) is 0 Å². The standard InChI is InChI=1S/C19H19ClN4O2/c1-10(2)26-18-14-8-11(5-7-16(14)23-19(21)24-18)12-4-6-13(15(20)9-12)17(25)22-3/h4-10H,1-3H3,(H,22,25)(H2,21,23,24). The number of carbonyl (C=O) groups is 1. The molecule has 7 heteroatoms. The third-order valence-corrected chi connectivity index (χ3v) is 4.11. The van der Waals surface area contributed by atoms with Crippen molar-refractivity contribution in [1.82, 2.24) is 15.3 Å². The lowest BCUT2D eigenvalue weighted by Crippen LogP contribution is -2.18. The third kappa shape index (κ3) is 3.55. The molecule has 0 saturated heterocycles. The average Bonchev–Trinajstić information content (AvgIpc) is 2.60. The van der Waals surface area contributed by atoms with E-state index in [0.29, 0.717) is 22.0 Å².